The van der Waals surface area contributed by atoms with E-state index in [1.54, 1.807) is 6.92 Å². The van der Waals surface area contributed by atoms with Crippen molar-refractivity contribution in [3.8, 4) is 6.07 Å². The van der Waals surface area contributed by atoms with E-state index < -0.39 is 17.5 Å². The van der Waals surface area contributed by atoms with Crippen LogP contribution in [0.4, 0.5) is 10.1 Å². The number of fused-ring (bicyclic) bond motifs is 1. The largest absolute Gasteiger partial charge is 0.302 e. The first-order valence-electron chi connectivity index (χ1n) is 5.59. The first-order chi connectivity index (χ1) is 8.56. The molecule has 0 saturated carbocycles. The Bertz CT molecular complexity index is 575. The second-order valence-electron chi connectivity index (χ2n) is 4.19. The first-order valence-corrected chi connectivity index (χ1v) is 5.59. The summed E-state index contributed by atoms with van der Waals surface area (Å²) in [5.74, 6) is -1.96. The zero-order chi connectivity index (χ0) is 13.3. The molecule has 1 aromatic carbocycles. The summed E-state index contributed by atoms with van der Waals surface area (Å²) in [6.07, 6.45) is 0.684. The average Bonchev–Trinajstić information content (AvgIpc) is 2.55. The molecule has 92 valence electrons. The number of hydrogen-bond donors (Lipinski definition) is 0. The monoisotopic (exact) mass is 246 g/mol. The van der Waals surface area contributed by atoms with Crippen LogP contribution in [0.5, 0.6) is 0 Å². The number of benzene rings is 1. The highest BCUT2D eigenvalue weighted by molar-refractivity contribution is 6.52. The van der Waals surface area contributed by atoms with Crippen molar-refractivity contribution < 1.29 is 14.0 Å². The third kappa shape index (κ3) is 1.86. The molecule has 1 aromatic rings. The number of amides is 1. The number of ketones is 1. The van der Waals surface area contributed by atoms with Crippen LogP contribution in [0.25, 0.3) is 0 Å². The van der Waals surface area contributed by atoms with Gasteiger partial charge in [0.1, 0.15) is 5.82 Å². The summed E-state index contributed by atoms with van der Waals surface area (Å²) in [5, 5.41) is 8.45. The normalized spacial score (nSPS) is 13.7. The number of halogens is 1. The molecular formula is C13H11FN2O2. The van der Waals surface area contributed by atoms with Gasteiger partial charge in [0, 0.05) is 13.0 Å². The van der Waals surface area contributed by atoms with Gasteiger partial charge >= 0.3 is 0 Å². The molecule has 0 bridgehead atoms. The standard InChI is InChI=1S/C13H11FN2O2/c1-8-6-9-11(10(14)7-8)16(5-3-2-4-15)13(18)12(9)17/h6-7H,2-3,5H2,1H3. The predicted octanol–water partition coefficient (Wildman–Crippen LogP) is 1.97. The maximum absolute atomic E-state index is 13.8. The molecule has 0 unspecified atom stereocenters. The van der Waals surface area contributed by atoms with Gasteiger partial charge in [-0.15, -0.1) is 0 Å². The van der Waals surface area contributed by atoms with E-state index in [0.717, 1.165) is 4.90 Å². The SMILES string of the molecule is Cc1cc(F)c2c(c1)C(=O)C(=O)N2CCCC#N. The Morgan fingerprint density at radius 2 is 2.11 bits per heavy atom. The minimum atomic E-state index is -0.715. The fraction of sp³-hybridized carbons (Fsp3) is 0.308. The van der Waals surface area contributed by atoms with Gasteiger partial charge in [-0.05, 0) is 31.0 Å². The Balaban J connectivity index is 2.39. The third-order valence-electron chi connectivity index (χ3n) is 2.83. The van der Waals surface area contributed by atoms with E-state index in [9.17, 15) is 14.0 Å². The Morgan fingerprint density at radius 1 is 1.39 bits per heavy atom. The molecule has 0 fully saturated rings. The maximum Gasteiger partial charge on any atom is 0.299 e. The van der Waals surface area contributed by atoms with Crippen molar-refractivity contribution in [2.45, 2.75) is 19.8 Å². The molecule has 1 aliphatic heterocycles. The smallest absolute Gasteiger partial charge is 0.299 e. The van der Waals surface area contributed by atoms with Gasteiger partial charge in [-0.3, -0.25) is 9.59 Å². The molecule has 0 spiro atoms. The topological polar surface area (TPSA) is 61.2 Å². The lowest BCUT2D eigenvalue weighted by molar-refractivity contribution is -0.114. The van der Waals surface area contributed by atoms with Crippen molar-refractivity contribution in [1.82, 2.24) is 0 Å². The summed E-state index contributed by atoms with van der Waals surface area (Å²) in [6.45, 7) is 1.85. The summed E-state index contributed by atoms with van der Waals surface area (Å²) in [5.41, 5.74) is 0.772. The van der Waals surface area contributed by atoms with Crippen LogP contribution in [0.3, 0.4) is 0 Å². The van der Waals surface area contributed by atoms with Crippen LogP contribution in [0.2, 0.25) is 0 Å². The number of Topliss-reactive ketones (excluding diaryl/α,β-unsaturated/α-hetero) is 1. The highest BCUT2D eigenvalue weighted by atomic mass is 19.1. The van der Waals surface area contributed by atoms with Crippen LogP contribution in [-0.2, 0) is 4.79 Å². The number of nitrogens with zero attached hydrogens (tertiary/aromatic N) is 2. The highest BCUT2D eigenvalue weighted by Crippen LogP contribution is 2.32. The van der Waals surface area contributed by atoms with E-state index in [0.29, 0.717) is 12.0 Å². The van der Waals surface area contributed by atoms with Crippen LogP contribution in [0.1, 0.15) is 28.8 Å². The van der Waals surface area contributed by atoms with Gasteiger partial charge < -0.3 is 4.90 Å². The number of carbonyl (C=O) groups is 2. The van der Waals surface area contributed by atoms with Gasteiger partial charge in [0.25, 0.3) is 11.7 Å². The quantitative estimate of drug-likeness (QED) is 0.605. The molecule has 0 radical (unpaired) electrons. The van der Waals surface area contributed by atoms with E-state index in [1.807, 2.05) is 6.07 Å². The summed E-state index contributed by atoms with van der Waals surface area (Å²) >= 11 is 0. The molecule has 1 heterocycles. The van der Waals surface area contributed by atoms with Gasteiger partial charge in [-0.1, -0.05) is 0 Å². The van der Waals surface area contributed by atoms with E-state index >= 15 is 0 Å². The highest BCUT2D eigenvalue weighted by Gasteiger charge is 2.37. The Kier molecular flexibility index (Phi) is 3.11. The average molecular weight is 246 g/mol. The molecule has 0 N–H and O–H groups in total. The molecular weight excluding hydrogens is 235 g/mol. The van der Waals surface area contributed by atoms with Crippen molar-refractivity contribution in [3.63, 3.8) is 0 Å². The number of rotatable bonds is 3. The molecule has 4 nitrogen and oxygen atoms in total. The van der Waals surface area contributed by atoms with Crippen LogP contribution in [0.15, 0.2) is 12.1 Å². The van der Waals surface area contributed by atoms with E-state index in [2.05, 4.69) is 0 Å². The van der Waals surface area contributed by atoms with Crippen molar-refractivity contribution in [3.05, 3.63) is 29.1 Å². The van der Waals surface area contributed by atoms with Gasteiger partial charge in [-0.2, -0.15) is 5.26 Å². The fourth-order valence-electron chi connectivity index (χ4n) is 2.05. The third-order valence-corrected chi connectivity index (χ3v) is 2.83. The minimum absolute atomic E-state index is 0.0496. The fourth-order valence-corrected chi connectivity index (χ4v) is 2.05. The summed E-state index contributed by atoms with van der Waals surface area (Å²) in [6, 6.07) is 4.76. The number of aryl methyl sites for hydroxylation is 1. The molecule has 1 amide bonds. The molecule has 0 aromatic heterocycles. The second kappa shape index (κ2) is 4.57. The number of anilines is 1. The van der Waals surface area contributed by atoms with E-state index in [1.165, 1.54) is 12.1 Å². The van der Waals surface area contributed by atoms with Crippen LogP contribution in [-0.4, -0.2) is 18.2 Å². The molecule has 0 saturated heterocycles. The van der Waals surface area contributed by atoms with Crippen molar-refractivity contribution in [2.75, 3.05) is 11.4 Å². The van der Waals surface area contributed by atoms with Crippen LogP contribution >= 0.6 is 0 Å². The Morgan fingerprint density at radius 3 is 2.78 bits per heavy atom. The van der Waals surface area contributed by atoms with Crippen LogP contribution in [0, 0.1) is 24.1 Å². The second-order valence-corrected chi connectivity index (χ2v) is 4.19. The van der Waals surface area contributed by atoms with Crippen molar-refractivity contribution >= 4 is 17.4 Å². The van der Waals surface area contributed by atoms with E-state index in [4.69, 9.17) is 5.26 Å². The Hall–Kier alpha value is -2.22. The zero-order valence-corrected chi connectivity index (χ0v) is 9.86. The van der Waals surface area contributed by atoms with Crippen molar-refractivity contribution in [1.29, 1.82) is 5.26 Å². The lowest BCUT2D eigenvalue weighted by atomic mass is 10.1. The molecule has 1 aliphatic rings. The van der Waals surface area contributed by atoms with Gasteiger partial charge in [0.05, 0.1) is 17.3 Å². The van der Waals surface area contributed by atoms with Gasteiger partial charge in [0.2, 0.25) is 0 Å². The molecule has 2 rings (SSSR count). The van der Waals surface area contributed by atoms with E-state index in [-0.39, 0.29) is 24.2 Å². The number of unbranched alkanes of at least 4 members (excludes halogenated alkanes) is 1. The van der Waals surface area contributed by atoms with Gasteiger partial charge in [0.15, 0.2) is 0 Å². The number of nitriles is 1. The Labute approximate surface area is 104 Å². The first kappa shape index (κ1) is 12.2. The molecule has 0 atom stereocenters. The number of hydrogen-bond acceptors (Lipinski definition) is 3. The molecule has 5 heteroatoms. The molecule has 18 heavy (non-hydrogen) atoms. The maximum atomic E-state index is 13.8. The molecule has 0 aliphatic carbocycles. The van der Waals surface area contributed by atoms with Crippen LogP contribution < -0.4 is 4.90 Å². The summed E-state index contributed by atoms with van der Waals surface area (Å²) in [4.78, 5) is 24.6. The number of carbonyl (C=O) groups excluding carboxylic acids is 2. The predicted molar refractivity (Wildman–Crippen MR) is 62.7 cm³/mol. The zero-order valence-electron chi connectivity index (χ0n) is 9.86. The minimum Gasteiger partial charge on any atom is -0.302 e. The lowest BCUT2D eigenvalue weighted by Gasteiger charge is -2.16. The summed E-state index contributed by atoms with van der Waals surface area (Å²) < 4.78 is 13.8. The lowest BCUT2D eigenvalue weighted by Crippen LogP contribution is -2.31. The summed E-state index contributed by atoms with van der Waals surface area (Å²) in [7, 11) is 0. The van der Waals surface area contributed by atoms with Gasteiger partial charge in [-0.25, -0.2) is 4.39 Å². The van der Waals surface area contributed by atoms with Crippen molar-refractivity contribution in [2.24, 2.45) is 0 Å².